The highest BCUT2D eigenvalue weighted by atomic mass is 32.2. The van der Waals surface area contributed by atoms with Crippen molar-refractivity contribution in [3.63, 3.8) is 0 Å². The van der Waals surface area contributed by atoms with Gasteiger partial charge in [0.25, 0.3) is 10.1 Å². The average Bonchev–Trinajstić information content (AvgIpc) is 2.78. The molecule has 5 rings (SSSR count). The number of nitrogens with one attached hydrogen (secondary N) is 1. The molecule has 0 radical (unpaired) electrons. The maximum Gasteiger partial charge on any atom is 0.295 e. The number of aryl methyl sites for hydroxylation is 1. The third-order valence-corrected chi connectivity index (χ3v) is 6.56. The van der Waals surface area contributed by atoms with E-state index in [0.717, 1.165) is 32.9 Å². The Bertz CT molecular complexity index is 1620. The second-order valence-corrected chi connectivity index (χ2v) is 9.32. The van der Waals surface area contributed by atoms with Crippen LogP contribution >= 0.6 is 0 Å². The number of anilines is 2. The zero-order valence-corrected chi connectivity index (χ0v) is 18.7. The van der Waals surface area contributed by atoms with E-state index in [0.29, 0.717) is 22.6 Å². The van der Waals surface area contributed by atoms with Crippen molar-refractivity contribution in [3.05, 3.63) is 112 Å². The van der Waals surface area contributed by atoms with Crippen LogP contribution in [0, 0.1) is 6.92 Å². The molecule has 0 aliphatic carbocycles. The van der Waals surface area contributed by atoms with Crippen molar-refractivity contribution in [1.82, 2.24) is 0 Å². The van der Waals surface area contributed by atoms with Crippen LogP contribution in [-0.4, -0.2) is 13.0 Å². The van der Waals surface area contributed by atoms with Gasteiger partial charge in [-0.15, -0.1) is 0 Å². The van der Waals surface area contributed by atoms with Crippen molar-refractivity contribution in [2.24, 2.45) is 0 Å². The molecule has 0 fully saturated rings. The first-order valence-electron chi connectivity index (χ1n) is 10.4. The number of fused-ring (bicyclic) bond motifs is 2. The second-order valence-electron chi connectivity index (χ2n) is 7.93. The van der Waals surface area contributed by atoms with E-state index in [2.05, 4.69) is 11.9 Å². The van der Waals surface area contributed by atoms with Gasteiger partial charge in [0.1, 0.15) is 16.4 Å². The van der Waals surface area contributed by atoms with Crippen molar-refractivity contribution >= 4 is 33.6 Å². The molecule has 6 heteroatoms. The summed E-state index contributed by atoms with van der Waals surface area (Å²) >= 11 is 0. The molecule has 5 nitrogen and oxygen atoms in total. The van der Waals surface area contributed by atoms with E-state index in [1.165, 1.54) is 6.07 Å². The molecule has 1 aliphatic rings. The molecule has 0 saturated carbocycles. The average molecular weight is 456 g/mol. The third-order valence-electron chi connectivity index (χ3n) is 5.64. The van der Waals surface area contributed by atoms with Crippen molar-refractivity contribution in [2.45, 2.75) is 11.8 Å². The molecule has 0 bridgehead atoms. The molecule has 0 unspecified atom stereocenters. The second kappa shape index (κ2) is 7.92. The highest BCUT2D eigenvalue weighted by Crippen LogP contribution is 2.39. The van der Waals surface area contributed by atoms with Crippen molar-refractivity contribution < 1.29 is 17.7 Å². The van der Waals surface area contributed by atoms with Gasteiger partial charge in [-0.05, 0) is 48.0 Å². The van der Waals surface area contributed by atoms with E-state index >= 15 is 0 Å². The number of para-hydroxylation sites is 1. The van der Waals surface area contributed by atoms with E-state index in [1.807, 2.05) is 67.6 Å². The lowest BCUT2D eigenvalue weighted by molar-refractivity contribution is 0.471. The van der Waals surface area contributed by atoms with Gasteiger partial charge < -0.3 is 10.1 Å². The zero-order valence-electron chi connectivity index (χ0n) is 17.9. The lowest BCUT2D eigenvalue weighted by atomic mass is 9.92. The summed E-state index contributed by atoms with van der Waals surface area (Å²) in [5.41, 5.74) is 4.72. The highest BCUT2D eigenvalue weighted by molar-refractivity contribution is 7.86. The minimum atomic E-state index is -4.44. The van der Waals surface area contributed by atoms with Crippen LogP contribution in [0.2, 0.25) is 0 Å². The topological polar surface area (TPSA) is 75.6 Å². The molecular weight excluding hydrogens is 434 g/mol. The van der Waals surface area contributed by atoms with Gasteiger partial charge >= 0.3 is 0 Å². The summed E-state index contributed by atoms with van der Waals surface area (Å²) in [5, 5.41) is 4.91. The summed E-state index contributed by atoms with van der Waals surface area (Å²) in [5.74, 6) is 1.15. The van der Waals surface area contributed by atoms with Gasteiger partial charge in [0.05, 0.1) is 0 Å². The van der Waals surface area contributed by atoms with Gasteiger partial charge in [-0.25, -0.2) is 0 Å². The first-order valence-corrected chi connectivity index (χ1v) is 11.8. The van der Waals surface area contributed by atoms with Crippen molar-refractivity contribution in [2.75, 3.05) is 5.32 Å². The number of hydrogen-bond acceptors (Lipinski definition) is 4. The minimum Gasteiger partial charge on any atom is -0.456 e. The normalized spacial score (nSPS) is 12.5. The highest BCUT2D eigenvalue weighted by Gasteiger charge is 2.25. The Balaban J connectivity index is 1.74. The maximum absolute atomic E-state index is 12.2. The lowest BCUT2D eigenvalue weighted by Crippen LogP contribution is -2.20. The Morgan fingerprint density at radius 3 is 2.39 bits per heavy atom. The Hall–Kier alpha value is -3.87. The van der Waals surface area contributed by atoms with Crippen LogP contribution < -0.4 is 20.5 Å². The lowest BCUT2D eigenvalue weighted by Gasteiger charge is -2.23. The summed E-state index contributed by atoms with van der Waals surface area (Å²) in [7, 11) is -4.44. The number of hydrogen-bond donors (Lipinski definition) is 2. The van der Waals surface area contributed by atoms with Crippen LogP contribution in [0.1, 0.15) is 16.7 Å². The fourth-order valence-electron chi connectivity index (χ4n) is 4.07. The molecule has 0 saturated heterocycles. The fourth-order valence-corrected chi connectivity index (χ4v) is 4.77. The monoisotopic (exact) mass is 455 g/mol. The molecule has 33 heavy (non-hydrogen) atoms. The van der Waals surface area contributed by atoms with E-state index < -0.39 is 10.1 Å². The van der Waals surface area contributed by atoms with Crippen LogP contribution in [0.15, 0.2) is 89.8 Å². The van der Waals surface area contributed by atoms with Gasteiger partial charge in [-0.1, -0.05) is 55.1 Å². The summed E-state index contributed by atoms with van der Waals surface area (Å²) in [6.07, 6.45) is 0. The smallest absolute Gasteiger partial charge is 0.295 e. The van der Waals surface area contributed by atoms with E-state index in [1.54, 1.807) is 18.2 Å². The molecule has 0 atom stereocenters. The Morgan fingerprint density at radius 2 is 1.61 bits per heavy atom. The number of benzene rings is 4. The quantitative estimate of drug-likeness (QED) is 0.383. The maximum atomic E-state index is 12.2. The van der Waals surface area contributed by atoms with Crippen LogP contribution in [0.5, 0.6) is 11.5 Å². The molecule has 0 amide bonds. The molecule has 0 spiro atoms. The first kappa shape index (κ1) is 21.0. The van der Waals surface area contributed by atoms with Gasteiger partial charge in [0, 0.05) is 39.4 Å². The number of ether oxygens (including phenoxy) is 1. The summed E-state index contributed by atoms with van der Waals surface area (Å²) in [6.45, 7) is 6.01. The minimum absolute atomic E-state index is 0.153. The molecule has 1 heterocycles. The molecular formula is C27H21NO4S. The molecule has 4 aromatic carbocycles. The van der Waals surface area contributed by atoms with Crippen LogP contribution in [0.25, 0.3) is 12.2 Å². The summed E-state index contributed by atoms with van der Waals surface area (Å²) < 4.78 is 40.4. The molecule has 2 N–H and O–H groups in total. The molecule has 0 aromatic heterocycles. The SMILES string of the molecule is C=c1ccc2c(c1)Oc1cc(Nc3ccccc3C)ccc1C=2c1ccccc1S(=O)(=O)O. The Kier molecular flexibility index (Phi) is 5.04. The van der Waals surface area contributed by atoms with Gasteiger partial charge in [0.15, 0.2) is 0 Å². The van der Waals surface area contributed by atoms with E-state index in [-0.39, 0.29) is 4.90 Å². The van der Waals surface area contributed by atoms with Crippen LogP contribution in [0.4, 0.5) is 11.4 Å². The van der Waals surface area contributed by atoms with Crippen LogP contribution in [0.3, 0.4) is 0 Å². The molecule has 1 aliphatic heterocycles. The first-order chi connectivity index (χ1) is 15.8. The number of rotatable bonds is 4. The Labute approximate surface area is 192 Å². The van der Waals surface area contributed by atoms with Gasteiger partial charge in [-0.2, -0.15) is 8.42 Å². The van der Waals surface area contributed by atoms with E-state index in [4.69, 9.17) is 4.74 Å². The molecule has 164 valence electrons. The van der Waals surface area contributed by atoms with Gasteiger partial charge in [0.2, 0.25) is 0 Å². The predicted molar refractivity (Wildman–Crippen MR) is 130 cm³/mol. The standard InChI is InChI=1S/C27H21NO4S/c1-17-11-13-20-24(15-17)32-25-16-19(28-23-9-5-3-7-18(23)2)12-14-21(25)27(20)22-8-4-6-10-26(22)33(29,30)31/h3-16,28H,1H2,2H3,(H,29,30,31). The third kappa shape index (κ3) is 3.91. The zero-order chi connectivity index (χ0) is 23.2. The largest absolute Gasteiger partial charge is 0.456 e. The summed E-state index contributed by atoms with van der Waals surface area (Å²) in [4.78, 5) is -0.153. The molecule has 4 aromatic rings. The van der Waals surface area contributed by atoms with Crippen molar-refractivity contribution in [3.8, 4) is 11.5 Å². The fraction of sp³-hybridized carbons (Fsp3) is 0.0370. The van der Waals surface area contributed by atoms with Gasteiger partial charge in [-0.3, -0.25) is 4.55 Å². The van der Waals surface area contributed by atoms with E-state index in [9.17, 15) is 13.0 Å². The Morgan fingerprint density at radius 1 is 0.848 bits per heavy atom. The van der Waals surface area contributed by atoms with Crippen molar-refractivity contribution in [1.29, 1.82) is 0 Å². The summed E-state index contributed by atoms with van der Waals surface area (Å²) in [6, 6.07) is 25.6. The predicted octanol–water partition coefficient (Wildman–Crippen LogP) is 4.75. The van der Waals surface area contributed by atoms with Crippen LogP contribution in [-0.2, 0) is 10.1 Å².